The number of carbonyl (C=O) groups excluding carboxylic acids is 1. The molecule has 1 aromatic carbocycles. The number of piperidine rings is 1. The predicted molar refractivity (Wildman–Crippen MR) is 85.3 cm³/mol. The van der Waals surface area contributed by atoms with Crippen molar-refractivity contribution in [1.29, 1.82) is 0 Å². The number of nitrogens with two attached hydrogens (primary N) is 1. The second kappa shape index (κ2) is 5.98. The van der Waals surface area contributed by atoms with Crippen molar-refractivity contribution < 1.29 is 4.79 Å². The highest BCUT2D eigenvalue weighted by Gasteiger charge is 2.47. The van der Waals surface area contributed by atoms with E-state index in [1.807, 2.05) is 36.1 Å². The zero-order valence-electron chi connectivity index (χ0n) is 12.5. The van der Waals surface area contributed by atoms with E-state index in [2.05, 4.69) is 0 Å². The summed E-state index contributed by atoms with van der Waals surface area (Å²) in [6.45, 7) is 3.75. The fourth-order valence-corrected chi connectivity index (χ4v) is 3.74. The first-order chi connectivity index (χ1) is 10.1. The van der Waals surface area contributed by atoms with E-state index in [-0.39, 0.29) is 12.0 Å². The molecule has 1 aromatic rings. The van der Waals surface area contributed by atoms with Gasteiger partial charge in [0.25, 0.3) is 0 Å². The van der Waals surface area contributed by atoms with E-state index in [4.69, 9.17) is 17.3 Å². The molecule has 4 heteroatoms. The van der Waals surface area contributed by atoms with Crippen molar-refractivity contribution in [3.63, 3.8) is 0 Å². The quantitative estimate of drug-likeness (QED) is 0.933. The third-order valence-electron chi connectivity index (χ3n) is 4.93. The summed E-state index contributed by atoms with van der Waals surface area (Å²) in [5.74, 6) is 1.17. The molecule has 4 atom stereocenters. The van der Waals surface area contributed by atoms with Crippen LogP contribution in [0.1, 0.15) is 37.7 Å². The highest BCUT2D eigenvalue weighted by atomic mass is 35.5. The van der Waals surface area contributed by atoms with Gasteiger partial charge in [0.15, 0.2) is 0 Å². The normalized spacial score (nSPS) is 30.0. The van der Waals surface area contributed by atoms with Gasteiger partial charge in [-0.3, -0.25) is 4.79 Å². The van der Waals surface area contributed by atoms with E-state index < -0.39 is 0 Å². The predicted octanol–water partition coefficient (Wildman–Crippen LogP) is 3.03. The van der Waals surface area contributed by atoms with Crippen molar-refractivity contribution in [2.24, 2.45) is 17.6 Å². The molecule has 1 heterocycles. The first kappa shape index (κ1) is 14.9. The summed E-state index contributed by atoms with van der Waals surface area (Å²) in [5.41, 5.74) is 7.13. The van der Waals surface area contributed by atoms with Crippen molar-refractivity contribution >= 4 is 17.5 Å². The minimum Gasteiger partial charge on any atom is -0.342 e. The number of nitrogens with zero attached hydrogens (tertiary/aromatic N) is 1. The Hall–Kier alpha value is -1.06. The molecule has 1 aliphatic carbocycles. The van der Waals surface area contributed by atoms with Gasteiger partial charge in [-0.1, -0.05) is 29.8 Å². The molecule has 0 spiro atoms. The number of likely N-dealkylation sites (tertiary alicyclic amines) is 1. The minimum atomic E-state index is 0.122. The van der Waals surface area contributed by atoms with Gasteiger partial charge in [-0.15, -0.1) is 0 Å². The molecule has 21 heavy (non-hydrogen) atoms. The van der Waals surface area contributed by atoms with Crippen LogP contribution in [0.5, 0.6) is 0 Å². The molecular formula is C17H23ClN2O. The Labute approximate surface area is 131 Å². The maximum Gasteiger partial charge on any atom is 0.226 e. The molecule has 1 aliphatic heterocycles. The number of carbonyl (C=O) groups is 1. The molecule has 0 unspecified atom stereocenters. The van der Waals surface area contributed by atoms with Gasteiger partial charge in [-0.2, -0.15) is 0 Å². The van der Waals surface area contributed by atoms with E-state index in [1.165, 1.54) is 0 Å². The number of benzene rings is 1. The van der Waals surface area contributed by atoms with Crippen molar-refractivity contribution in [1.82, 2.24) is 4.90 Å². The van der Waals surface area contributed by atoms with Gasteiger partial charge in [0.1, 0.15) is 0 Å². The van der Waals surface area contributed by atoms with Gasteiger partial charge >= 0.3 is 0 Å². The molecule has 1 saturated heterocycles. The molecule has 2 N–H and O–H groups in total. The molecule has 2 aliphatic rings. The van der Waals surface area contributed by atoms with E-state index in [9.17, 15) is 4.79 Å². The smallest absolute Gasteiger partial charge is 0.226 e. The van der Waals surface area contributed by atoms with Crippen LogP contribution in [0.25, 0.3) is 0 Å². The van der Waals surface area contributed by atoms with Crippen LogP contribution in [0.4, 0.5) is 0 Å². The lowest BCUT2D eigenvalue weighted by Crippen LogP contribution is -2.45. The maximum absolute atomic E-state index is 12.7. The summed E-state index contributed by atoms with van der Waals surface area (Å²) in [6.07, 6.45) is 3.14. The molecule has 1 saturated carbocycles. The average molecular weight is 307 g/mol. The van der Waals surface area contributed by atoms with Gasteiger partial charge in [0.05, 0.1) is 0 Å². The standard InChI is InChI=1S/C17H23ClN2O/c1-11(19)12-5-4-8-20(10-12)17(21)15-9-14(15)13-6-2-3-7-16(13)18/h2-3,6-7,11-12,14-15H,4-5,8-10,19H2,1H3/t11-,12+,14+,15-/m0/s1. The topological polar surface area (TPSA) is 46.3 Å². The van der Waals surface area contributed by atoms with Crippen LogP contribution in [0.3, 0.4) is 0 Å². The van der Waals surface area contributed by atoms with Gasteiger partial charge in [0, 0.05) is 30.1 Å². The van der Waals surface area contributed by atoms with E-state index in [0.717, 1.165) is 42.9 Å². The molecule has 3 nitrogen and oxygen atoms in total. The minimum absolute atomic E-state index is 0.122. The summed E-state index contributed by atoms with van der Waals surface area (Å²) >= 11 is 6.24. The Kier molecular flexibility index (Phi) is 4.23. The Morgan fingerprint density at radius 2 is 2.19 bits per heavy atom. The number of hydrogen-bond acceptors (Lipinski definition) is 2. The summed E-state index contributed by atoms with van der Waals surface area (Å²) in [7, 11) is 0. The molecule has 0 radical (unpaired) electrons. The number of halogens is 1. The van der Waals surface area contributed by atoms with Gasteiger partial charge in [-0.25, -0.2) is 0 Å². The highest BCUT2D eigenvalue weighted by molar-refractivity contribution is 6.31. The SMILES string of the molecule is C[C@H](N)[C@@H]1CCCN(C(=O)[C@H]2C[C@@H]2c2ccccc2Cl)C1. The van der Waals surface area contributed by atoms with Crippen molar-refractivity contribution in [3.05, 3.63) is 34.9 Å². The fraction of sp³-hybridized carbons (Fsp3) is 0.588. The first-order valence-corrected chi connectivity index (χ1v) is 8.24. The maximum atomic E-state index is 12.7. The van der Waals surface area contributed by atoms with Crippen molar-refractivity contribution in [3.8, 4) is 0 Å². The van der Waals surface area contributed by atoms with Crippen molar-refractivity contribution in [2.75, 3.05) is 13.1 Å². The average Bonchev–Trinajstić information content (AvgIpc) is 3.27. The van der Waals surface area contributed by atoms with E-state index in [0.29, 0.717) is 17.7 Å². The Morgan fingerprint density at radius 3 is 2.90 bits per heavy atom. The third kappa shape index (κ3) is 3.09. The third-order valence-corrected chi connectivity index (χ3v) is 5.27. The lowest BCUT2D eigenvalue weighted by Gasteiger charge is -2.35. The molecule has 0 aromatic heterocycles. The molecule has 114 valence electrons. The summed E-state index contributed by atoms with van der Waals surface area (Å²) in [6, 6.07) is 8.04. The second-order valence-electron chi connectivity index (χ2n) is 6.52. The fourth-order valence-electron chi connectivity index (χ4n) is 3.46. The number of hydrogen-bond donors (Lipinski definition) is 1. The lowest BCUT2D eigenvalue weighted by molar-refractivity contribution is -0.134. The van der Waals surface area contributed by atoms with Gasteiger partial charge in [0.2, 0.25) is 5.91 Å². The Bertz CT molecular complexity index is 531. The molecule has 3 rings (SSSR count). The number of rotatable bonds is 3. The van der Waals surface area contributed by atoms with Crippen LogP contribution < -0.4 is 5.73 Å². The first-order valence-electron chi connectivity index (χ1n) is 7.86. The largest absolute Gasteiger partial charge is 0.342 e. The van der Waals surface area contributed by atoms with Crippen LogP contribution in [-0.2, 0) is 4.79 Å². The number of amides is 1. The van der Waals surface area contributed by atoms with Gasteiger partial charge < -0.3 is 10.6 Å². The van der Waals surface area contributed by atoms with E-state index >= 15 is 0 Å². The van der Waals surface area contributed by atoms with Crippen LogP contribution >= 0.6 is 11.6 Å². The second-order valence-corrected chi connectivity index (χ2v) is 6.92. The van der Waals surface area contributed by atoms with Gasteiger partial charge in [-0.05, 0) is 49.7 Å². The molecule has 2 fully saturated rings. The zero-order chi connectivity index (χ0) is 15.0. The molecular weight excluding hydrogens is 284 g/mol. The summed E-state index contributed by atoms with van der Waals surface area (Å²) in [5, 5.41) is 0.782. The van der Waals surface area contributed by atoms with E-state index in [1.54, 1.807) is 0 Å². The Morgan fingerprint density at radius 1 is 1.43 bits per heavy atom. The van der Waals surface area contributed by atoms with Crippen LogP contribution in [0.15, 0.2) is 24.3 Å². The monoisotopic (exact) mass is 306 g/mol. The Balaban J connectivity index is 1.64. The van der Waals surface area contributed by atoms with Crippen LogP contribution in [-0.4, -0.2) is 29.9 Å². The summed E-state index contributed by atoms with van der Waals surface area (Å²) in [4.78, 5) is 14.7. The molecule has 1 amide bonds. The zero-order valence-corrected chi connectivity index (χ0v) is 13.2. The highest BCUT2D eigenvalue weighted by Crippen LogP contribution is 2.50. The van der Waals surface area contributed by atoms with Crippen LogP contribution in [0, 0.1) is 11.8 Å². The molecule has 0 bridgehead atoms. The van der Waals surface area contributed by atoms with Crippen molar-refractivity contribution in [2.45, 2.75) is 38.1 Å². The lowest BCUT2D eigenvalue weighted by atomic mass is 9.92. The summed E-state index contributed by atoms with van der Waals surface area (Å²) < 4.78 is 0. The van der Waals surface area contributed by atoms with Crippen LogP contribution in [0.2, 0.25) is 5.02 Å².